The monoisotopic (exact) mass is 307 g/mol. The lowest BCUT2D eigenvalue weighted by Gasteiger charge is -2.18. The molecule has 1 aromatic rings. The zero-order valence-electron chi connectivity index (χ0n) is 12.4. The van der Waals surface area contributed by atoms with Crippen LogP contribution in [0.15, 0.2) is 11.4 Å². The first-order chi connectivity index (χ1) is 10.1. The molecule has 114 valence electrons. The van der Waals surface area contributed by atoms with Crippen LogP contribution in [0.4, 0.5) is 0 Å². The first kappa shape index (κ1) is 17.2. The van der Waals surface area contributed by atoms with E-state index in [1.807, 2.05) is 13.8 Å². The topological polar surface area (TPSA) is 75.4 Å². The molecular formula is C15H21N3O2S. The average molecular weight is 307 g/mol. The first-order valence-electron chi connectivity index (χ1n) is 6.95. The molecule has 1 heterocycles. The molecule has 3 N–H and O–H groups in total. The molecule has 0 radical (unpaired) electrons. The number of hydrogen-bond acceptors (Lipinski definition) is 4. The molecule has 0 aliphatic heterocycles. The largest absolute Gasteiger partial charge is 0.351 e. The fraction of sp³-hybridized carbons (Fsp3) is 0.467. The maximum absolute atomic E-state index is 11.9. The van der Waals surface area contributed by atoms with Gasteiger partial charge < -0.3 is 16.0 Å². The van der Waals surface area contributed by atoms with Crippen molar-refractivity contribution in [2.24, 2.45) is 5.73 Å². The van der Waals surface area contributed by atoms with E-state index in [0.717, 1.165) is 4.88 Å². The minimum absolute atomic E-state index is 0.0557. The Balaban J connectivity index is 2.44. The molecule has 21 heavy (non-hydrogen) atoms. The lowest BCUT2D eigenvalue weighted by atomic mass is 10.2. The van der Waals surface area contributed by atoms with Crippen LogP contribution in [0, 0.1) is 11.8 Å². The van der Waals surface area contributed by atoms with E-state index in [1.54, 1.807) is 16.3 Å². The van der Waals surface area contributed by atoms with Gasteiger partial charge in [0.15, 0.2) is 0 Å². The van der Waals surface area contributed by atoms with Gasteiger partial charge >= 0.3 is 0 Å². The quantitative estimate of drug-likeness (QED) is 0.771. The third kappa shape index (κ3) is 5.58. The van der Waals surface area contributed by atoms with E-state index in [2.05, 4.69) is 17.2 Å². The molecule has 0 bridgehead atoms. The minimum Gasteiger partial charge on any atom is -0.351 e. The number of thiophene rings is 1. The first-order valence-corrected chi connectivity index (χ1v) is 7.83. The summed E-state index contributed by atoms with van der Waals surface area (Å²) in [4.78, 5) is 26.3. The molecule has 0 saturated heterocycles. The van der Waals surface area contributed by atoms with Gasteiger partial charge in [-0.1, -0.05) is 11.8 Å². The highest BCUT2D eigenvalue weighted by molar-refractivity contribution is 7.10. The van der Waals surface area contributed by atoms with Gasteiger partial charge in [0.05, 0.1) is 17.0 Å². The van der Waals surface area contributed by atoms with Gasteiger partial charge in [0.25, 0.3) is 5.91 Å². The van der Waals surface area contributed by atoms with E-state index in [0.29, 0.717) is 38.2 Å². The van der Waals surface area contributed by atoms with Crippen molar-refractivity contribution in [3.63, 3.8) is 0 Å². The SMILES string of the molecule is CCN(CC)C(=O)CCNC(=O)c1csc(C#CCN)c1. The number of nitrogens with two attached hydrogens (primary N) is 1. The van der Waals surface area contributed by atoms with Crippen LogP contribution in [0.1, 0.15) is 35.5 Å². The molecule has 6 heteroatoms. The van der Waals surface area contributed by atoms with Crippen LogP contribution in [0.5, 0.6) is 0 Å². The van der Waals surface area contributed by atoms with Gasteiger partial charge in [0.2, 0.25) is 5.91 Å². The van der Waals surface area contributed by atoms with Crippen molar-refractivity contribution in [1.29, 1.82) is 0 Å². The second-order valence-electron chi connectivity index (χ2n) is 4.28. The summed E-state index contributed by atoms with van der Waals surface area (Å²) in [6, 6.07) is 1.73. The van der Waals surface area contributed by atoms with Crippen LogP contribution in [0.3, 0.4) is 0 Å². The summed E-state index contributed by atoms with van der Waals surface area (Å²) in [6.45, 7) is 5.90. The van der Waals surface area contributed by atoms with E-state index in [9.17, 15) is 9.59 Å². The summed E-state index contributed by atoms with van der Waals surface area (Å²) >= 11 is 1.40. The number of carbonyl (C=O) groups is 2. The number of hydrogen-bond donors (Lipinski definition) is 2. The summed E-state index contributed by atoms with van der Waals surface area (Å²) in [7, 11) is 0. The number of nitrogens with one attached hydrogen (secondary N) is 1. The van der Waals surface area contributed by atoms with Crippen molar-refractivity contribution in [2.45, 2.75) is 20.3 Å². The summed E-state index contributed by atoms with van der Waals surface area (Å²) < 4.78 is 0. The van der Waals surface area contributed by atoms with Crippen LogP contribution in [0.25, 0.3) is 0 Å². The number of amides is 2. The van der Waals surface area contributed by atoms with Gasteiger partial charge in [-0.2, -0.15) is 0 Å². The molecule has 0 atom stereocenters. The standard InChI is InChI=1S/C15H21N3O2S/c1-3-18(4-2)14(19)7-9-17-15(20)12-10-13(21-11-12)6-5-8-16/h10-11H,3-4,7-9,16H2,1-2H3,(H,17,20). The summed E-state index contributed by atoms with van der Waals surface area (Å²) in [5.41, 5.74) is 5.87. The third-order valence-corrected chi connectivity index (χ3v) is 3.76. The smallest absolute Gasteiger partial charge is 0.252 e. The van der Waals surface area contributed by atoms with Crippen LogP contribution >= 0.6 is 11.3 Å². The average Bonchev–Trinajstić information content (AvgIpc) is 2.95. The van der Waals surface area contributed by atoms with E-state index >= 15 is 0 Å². The molecule has 1 rings (SSSR count). The molecule has 0 aromatic carbocycles. The minimum atomic E-state index is -0.181. The maximum atomic E-state index is 11.9. The molecule has 0 fully saturated rings. The van der Waals surface area contributed by atoms with Gasteiger partial charge in [-0.05, 0) is 19.9 Å². The van der Waals surface area contributed by atoms with E-state index in [1.165, 1.54) is 11.3 Å². The lowest BCUT2D eigenvalue weighted by Crippen LogP contribution is -2.34. The lowest BCUT2D eigenvalue weighted by molar-refractivity contribution is -0.130. The summed E-state index contributed by atoms with van der Waals surface area (Å²) in [5.74, 6) is 5.51. The van der Waals surface area contributed by atoms with Crippen LogP contribution in [-0.2, 0) is 4.79 Å². The Kier molecular flexibility index (Phi) is 7.51. The molecule has 0 aliphatic carbocycles. The Hall–Kier alpha value is -1.84. The molecule has 0 unspecified atom stereocenters. The highest BCUT2D eigenvalue weighted by Gasteiger charge is 2.11. The van der Waals surface area contributed by atoms with Crippen LogP contribution < -0.4 is 11.1 Å². The molecule has 0 spiro atoms. The van der Waals surface area contributed by atoms with Crippen molar-refractivity contribution in [3.05, 3.63) is 21.9 Å². The molecular weight excluding hydrogens is 286 g/mol. The van der Waals surface area contributed by atoms with Crippen LogP contribution in [-0.4, -0.2) is 42.9 Å². The predicted octanol–water partition coefficient (Wildman–Crippen LogP) is 1.05. The van der Waals surface area contributed by atoms with Crippen molar-refractivity contribution in [3.8, 4) is 11.8 Å². The van der Waals surface area contributed by atoms with E-state index < -0.39 is 0 Å². The summed E-state index contributed by atoms with van der Waals surface area (Å²) in [6.07, 6.45) is 0.317. The zero-order chi connectivity index (χ0) is 15.7. The van der Waals surface area contributed by atoms with Gasteiger partial charge in [-0.25, -0.2) is 0 Å². The molecule has 5 nitrogen and oxygen atoms in total. The fourth-order valence-corrected chi connectivity index (χ4v) is 2.53. The van der Waals surface area contributed by atoms with Gasteiger partial charge in [0, 0.05) is 31.4 Å². The second kappa shape index (κ2) is 9.16. The maximum Gasteiger partial charge on any atom is 0.252 e. The van der Waals surface area contributed by atoms with Crippen molar-refractivity contribution >= 4 is 23.2 Å². The molecule has 1 aromatic heterocycles. The van der Waals surface area contributed by atoms with Crippen LogP contribution in [0.2, 0.25) is 0 Å². The van der Waals surface area contributed by atoms with Gasteiger partial charge in [-0.15, -0.1) is 11.3 Å². The number of rotatable bonds is 6. The van der Waals surface area contributed by atoms with E-state index in [4.69, 9.17) is 5.73 Å². The molecule has 2 amide bonds. The van der Waals surface area contributed by atoms with Gasteiger partial charge in [-0.3, -0.25) is 9.59 Å². The molecule has 0 aliphatic rings. The normalized spacial score (nSPS) is 9.67. The Morgan fingerprint density at radius 2 is 2.10 bits per heavy atom. The molecule has 0 saturated carbocycles. The number of nitrogens with zero attached hydrogens (tertiary/aromatic N) is 1. The number of carbonyl (C=O) groups excluding carboxylic acids is 2. The highest BCUT2D eigenvalue weighted by Crippen LogP contribution is 2.13. The third-order valence-electron chi connectivity index (χ3n) is 2.92. The summed E-state index contributed by atoms with van der Waals surface area (Å²) in [5, 5.41) is 4.50. The van der Waals surface area contributed by atoms with Crippen molar-refractivity contribution in [1.82, 2.24) is 10.2 Å². The Bertz CT molecular complexity index is 539. The Morgan fingerprint density at radius 3 is 2.71 bits per heavy atom. The Labute approximate surface area is 129 Å². The van der Waals surface area contributed by atoms with E-state index in [-0.39, 0.29) is 11.8 Å². The second-order valence-corrected chi connectivity index (χ2v) is 5.19. The predicted molar refractivity (Wildman–Crippen MR) is 85.1 cm³/mol. The zero-order valence-corrected chi connectivity index (χ0v) is 13.3. The fourth-order valence-electron chi connectivity index (χ4n) is 1.78. The van der Waals surface area contributed by atoms with Crippen molar-refractivity contribution in [2.75, 3.05) is 26.2 Å². The van der Waals surface area contributed by atoms with Gasteiger partial charge in [0.1, 0.15) is 0 Å². The van der Waals surface area contributed by atoms with Crippen molar-refractivity contribution < 1.29 is 9.59 Å². The highest BCUT2D eigenvalue weighted by atomic mass is 32.1. The Morgan fingerprint density at radius 1 is 1.38 bits per heavy atom.